The Morgan fingerprint density at radius 1 is 1.20 bits per heavy atom. The van der Waals surface area contributed by atoms with Crippen LogP contribution in [0.2, 0.25) is 0 Å². The van der Waals surface area contributed by atoms with Crippen molar-refractivity contribution >= 4 is 5.76 Å². The molecule has 1 aliphatic heterocycles. The maximum atomic E-state index is 13.5. The molecular formula is C20H27F3O2. The number of rotatable bonds is 7. The van der Waals surface area contributed by atoms with Gasteiger partial charge in [0.1, 0.15) is 17.1 Å². The minimum Gasteiger partial charge on any atom is -0.493 e. The second-order valence-electron chi connectivity index (χ2n) is 6.52. The second-order valence-corrected chi connectivity index (χ2v) is 6.52. The lowest BCUT2D eigenvalue weighted by Gasteiger charge is -2.25. The molecule has 1 aromatic carbocycles. The van der Waals surface area contributed by atoms with Gasteiger partial charge in [0.05, 0.1) is 13.2 Å². The van der Waals surface area contributed by atoms with Crippen LogP contribution in [0.5, 0.6) is 5.75 Å². The molecule has 1 atom stereocenters. The van der Waals surface area contributed by atoms with Gasteiger partial charge in [0.2, 0.25) is 0 Å². The van der Waals surface area contributed by atoms with E-state index in [1.54, 1.807) is 13.0 Å². The van der Waals surface area contributed by atoms with Crippen molar-refractivity contribution in [3.63, 3.8) is 0 Å². The minimum atomic E-state index is -4.46. The molecule has 0 radical (unpaired) electrons. The summed E-state index contributed by atoms with van der Waals surface area (Å²) in [5, 5.41) is 0. The van der Waals surface area contributed by atoms with E-state index in [-0.39, 0.29) is 17.9 Å². The molecule has 2 rings (SSSR count). The maximum Gasteiger partial charge on any atom is 0.420 e. The Balaban J connectivity index is 2.23. The van der Waals surface area contributed by atoms with E-state index in [9.17, 15) is 13.2 Å². The first-order valence-electron chi connectivity index (χ1n) is 9.05. The number of halogens is 3. The normalized spacial score (nSPS) is 17.8. The summed E-state index contributed by atoms with van der Waals surface area (Å²) >= 11 is 0. The first-order valence-corrected chi connectivity index (χ1v) is 9.05. The Morgan fingerprint density at radius 3 is 2.52 bits per heavy atom. The van der Waals surface area contributed by atoms with Gasteiger partial charge in [0.25, 0.3) is 0 Å². The number of benzene rings is 1. The molecule has 0 fully saturated rings. The molecule has 0 spiro atoms. The number of hydrogen-bond donors (Lipinski definition) is 0. The molecule has 0 aromatic heterocycles. The first-order chi connectivity index (χ1) is 11.9. The lowest BCUT2D eigenvalue weighted by Crippen LogP contribution is -2.16. The van der Waals surface area contributed by atoms with Crippen molar-refractivity contribution < 1.29 is 22.6 Å². The summed E-state index contributed by atoms with van der Waals surface area (Å²) in [6.07, 6.45) is 3.00. The summed E-state index contributed by atoms with van der Waals surface area (Å²) in [5.74, 6) is 0.892. The zero-order chi connectivity index (χ0) is 18.4. The van der Waals surface area contributed by atoms with Gasteiger partial charge in [-0.15, -0.1) is 0 Å². The van der Waals surface area contributed by atoms with Crippen molar-refractivity contribution in [3.05, 3.63) is 34.9 Å². The van der Waals surface area contributed by atoms with Crippen LogP contribution in [-0.4, -0.2) is 13.2 Å². The van der Waals surface area contributed by atoms with Crippen molar-refractivity contribution in [1.82, 2.24) is 0 Å². The molecule has 2 nitrogen and oxygen atoms in total. The highest BCUT2D eigenvalue weighted by Gasteiger charge is 2.37. The maximum absolute atomic E-state index is 13.5. The summed E-state index contributed by atoms with van der Waals surface area (Å²) in [4.78, 5) is 0. The van der Waals surface area contributed by atoms with E-state index in [4.69, 9.17) is 9.47 Å². The number of allylic oxidation sites excluding steroid dienone is 1. The Hall–Kier alpha value is -1.65. The quantitative estimate of drug-likeness (QED) is 0.529. The van der Waals surface area contributed by atoms with E-state index >= 15 is 0 Å². The molecule has 0 N–H and O–H groups in total. The van der Waals surface area contributed by atoms with Gasteiger partial charge in [-0.3, -0.25) is 0 Å². The fourth-order valence-corrected chi connectivity index (χ4v) is 3.26. The second kappa shape index (κ2) is 8.63. The van der Waals surface area contributed by atoms with Crippen molar-refractivity contribution in [3.8, 4) is 5.75 Å². The molecule has 5 heteroatoms. The van der Waals surface area contributed by atoms with Crippen molar-refractivity contribution in [2.75, 3.05) is 13.2 Å². The largest absolute Gasteiger partial charge is 0.493 e. The minimum absolute atomic E-state index is 0.120. The van der Waals surface area contributed by atoms with Gasteiger partial charge in [0.15, 0.2) is 0 Å². The topological polar surface area (TPSA) is 18.5 Å². The number of unbranched alkanes of at least 4 members (excludes halogenated alkanes) is 2. The van der Waals surface area contributed by atoms with Gasteiger partial charge in [-0.25, -0.2) is 0 Å². The van der Waals surface area contributed by atoms with E-state index in [0.29, 0.717) is 23.8 Å². The lowest BCUT2D eigenvalue weighted by molar-refractivity contribution is -0.139. The summed E-state index contributed by atoms with van der Waals surface area (Å²) in [6, 6.07) is 3.06. The SMILES string of the molecule is CCCCCC1CC=C(c2ccc(OCC)c(C(F)(F)F)c2C)OC1. The summed E-state index contributed by atoms with van der Waals surface area (Å²) in [7, 11) is 0. The van der Waals surface area contributed by atoms with E-state index in [1.165, 1.54) is 32.3 Å². The van der Waals surface area contributed by atoms with Crippen LogP contribution in [0.3, 0.4) is 0 Å². The van der Waals surface area contributed by atoms with Gasteiger partial charge >= 0.3 is 6.18 Å². The van der Waals surface area contributed by atoms with Gasteiger partial charge in [0, 0.05) is 5.56 Å². The van der Waals surface area contributed by atoms with Crippen LogP contribution in [0.15, 0.2) is 18.2 Å². The standard InChI is InChI=1S/C20H27F3O2/c1-4-6-7-8-15-9-11-17(25-13-15)16-10-12-18(24-5-2)19(14(16)3)20(21,22)23/h10-12,15H,4-9,13H2,1-3H3. The Morgan fingerprint density at radius 2 is 1.96 bits per heavy atom. The molecule has 1 heterocycles. The monoisotopic (exact) mass is 356 g/mol. The Labute approximate surface area is 148 Å². The van der Waals surface area contributed by atoms with Crippen molar-refractivity contribution in [2.45, 2.75) is 59.1 Å². The highest BCUT2D eigenvalue weighted by molar-refractivity contribution is 5.67. The van der Waals surface area contributed by atoms with E-state index < -0.39 is 11.7 Å². The molecule has 140 valence electrons. The number of alkyl halides is 3. The van der Waals surface area contributed by atoms with Crippen molar-refractivity contribution in [1.29, 1.82) is 0 Å². The Kier molecular flexibility index (Phi) is 6.79. The van der Waals surface area contributed by atoms with Gasteiger partial charge in [-0.1, -0.05) is 26.2 Å². The average molecular weight is 356 g/mol. The molecule has 1 unspecified atom stereocenters. The zero-order valence-electron chi connectivity index (χ0n) is 15.2. The third-order valence-electron chi connectivity index (χ3n) is 4.60. The molecule has 0 bridgehead atoms. The molecule has 1 aromatic rings. The molecular weight excluding hydrogens is 329 g/mol. The molecule has 0 saturated heterocycles. The number of ether oxygens (including phenoxy) is 2. The van der Waals surface area contributed by atoms with Crippen LogP contribution < -0.4 is 4.74 Å². The van der Waals surface area contributed by atoms with Gasteiger partial charge in [-0.2, -0.15) is 13.2 Å². The van der Waals surface area contributed by atoms with Crippen LogP contribution in [0.1, 0.15) is 62.6 Å². The summed E-state index contributed by atoms with van der Waals surface area (Å²) in [6.45, 7) is 6.10. The predicted octanol–water partition coefficient (Wildman–Crippen LogP) is 6.37. The van der Waals surface area contributed by atoms with Crippen LogP contribution in [0.25, 0.3) is 5.76 Å². The predicted molar refractivity (Wildman–Crippen MR) is 93.5 cm³/mol. The van der Waals surface area contributed by atoms with E-state index in [0.717, 1.165) is 12.8 Å². The van der Waals surface area contributed by atoms with Crippen molar-refractivity contribution in [2.24, 2.45) is 5.92 Å². The molecule has 1 aliphatic rings. The summed E-state index contributed by atoms with van der Waals surface area (Å²) in [5.41, 5.74) is -0.0432. The molecule has 0 amide bonds. The van der Waals surface area contributed by atoms with Crippen LogP contribution >= 0.6 is 0 Å². The molecule has 0 saturated carbocycles. The van der Waals surface area contributed by atoms with Gasteiger partial charge in [-0.05, 0) is 56.4 Å². The van der Waals surface area contributed by atoms with E-state index in [2.05, 4.69) is 6.92 Å². The third-order valence-corrected chi connectivity index (χ3v) is 4.60. The average Bonchev–Trinajstić information content (AvgIpc) is 2.55. The zero-order valence-corrected chi connectivity index (χ0v) is 15.2. The first kappa shape index (κ1) is 19.7. The fraction of sp³-hybridized carbons (Fsp3) is 0.600. The fourth-order valence-electron chi connectivity index (χ4n) is 3.26. The van der Waals surface area contributed by atoms with Crippen LogP contribution in [0, 0.1) is 12.8 Å². The summed E-state index contributed by atoms with van der Waals surface area (Å²) < 4.78 is 51.4. The smallest absolute Gasteiger partial charge is 0.420 e. The third kappa shape index (κ3) is 4.93. The van der Waals surface area contributed by atoms with Crippen LogP contribution in [0.4, 0.5) is 13.2 Å². The Bertz CT molecular complexity index is 606. The molecule has 25 heavy (non-hydrogen) atoms. The molecule has 0 aliphatic carbocycles. The number of hydrogen-bond acceptors (Lipinski definition) is 2. The van der Waals surface area contributed by atoms with E-state index in [1.807, 2.05) is 6.08 Å². The van der Waals surface area contributed by atoms with Crippen LogP contribution in [-0.2, 0) is 10.9 Å². The lowest BCUT2D eigenvalue weighted by atomic mass is 9.93. The van der Waals surface area contributed by atoms with Gasteiger partial charge < -0.3 is 9.47 Å². The highest BCUT2D eigenvalue weighted by atomic mass is 19.4. The highest BCUT2D eigenvalue weighted by Crippen LogP contribution is 2.42.